The van der Waals surface area contributed by atoms with Gasteiger partial charge >= 0.3 is 0 Å². The molecule has 1 saturated heterocycles. The predicted molar refractivity (Wildman–Crippen MR) is 86.5 cm³/mol. The van der Waals surface area contributed by atoms with Crippen LogP contribution in [0.1, 0.15) is 47.6 Å². The van der Waals surface area contributed by atoms with Gasteiger partial charge in [-0.15, -0.1) is 0 Å². The lowest BCUT2D eigenvalue weighted by molar-refractivity contribution is 0.0377. The number of nitrogens with zero attached hydrogens (tertiary/aromatic N) is 2. The number of nitriles is 1. The molecule has 2 aliphatic heterocycles. The largest absolute Gasteiger partial charge is 0.449 e. The summed E-state index contributed by atoms with van der Waals surface area (Å²) in [4.78, 5) is 2.68. The van der Waals surface area contributed by atoms with Crippen LogP contribution < -0.4 is 10.6 Å². The summed E-state index contributed by atoms with van der Waals surface area (Å²) in [7, 11) is 2.26. The third-order valence-electron chi connectivity index (χ3n) is 5.64. The molecule has 0 radical (unpaired) electrons. The number of likely N-dealkylation sites (tertiary alicyclic amines) is 1. The number of alkyl halides is 1. The molecule has 0 aromatic carbocycles. The Labute approximate surface area is 139 Å². The summed E-state index contributed by atoms with van der Waals surface area (Å²) in [5, 5.41) is 16.2. The summed E-state index contributed by atoms with van der Waals surface area (Å²) >= 11 is 3.76. The molecule has 2 N–H and O–H groups in total. The highest BCUT2D eigenvalue weighted by atomic mass is 79.9. The fraction of sp³-hybridized carbons (Fsp3) is 0.688. The maximum atomic E-state index is 8.97. The van der Waals surface area contributed by atoms with Crippen molar-refractivity contribution in [3.8, 4) is 6.07 Å². The number of hydrogen-bond acceptors (Lipinski definition) is 5. The van der Waals surface area contributed by atoms with Crippen molar-refractivity contribution in [3.05, 3.63) is 23.2 Å². The standard InChI is InChI=1S/C16H21BrN4O/c1-21-4-2-3-16(21)6-10(7-16)20-15-14(17)12-5-11(8-18)22-13(12)9-19-15/h5,10,14-15,19-20H,2-4,6-7,9H2,1H3. The lowest BCUT2D eigenvalue weighted by Gasteiger charge is -2.51. The van der Waals surface area contributed by atoms with Crippen molar-refractivity contribution in [2.45, 2.75) is 54.8 Å². The van der Waals surface area contributed by atoms with Crippen molar-refractivity contribution in [2.24, 2.45) is 0 Å². The first kappa shape index (κ1) is 14.7. The zero-order chi connectivity index (χ0) is 15.3. The summed E-state index contributed by atoms with van der Waals surface area (Å²) in [6, 6.07) is 4.51. The average molecular weight is 365 g/mol. The smallest absolute Gasteiger partial charge is 0.204 e. The second-order valence-corrected chi connectivity index (χ2v) is 7.87. The Hall–Kier alpha value is -0.870. The minimum atomic E-state index is 0.139. The lowest BCUT2D eigenvalue weighted by atomic mass is 9.71. The fourth-order valence-electron chi connectivity index (χ4n) is 4.32. The van der Waals surface area contributed by atoms with Gasteiger partial charge < -0.3 is 9.32 Å². The maximum absolute atomic E-state index is 8.97. The third-order valence-corrected chi connectivity index (χ3v) is 6.66. The first-order valence-corrected chi connectivity index (χ1v) is 8.90. The minimum Gasteiger partial charge on any atom is -0.449 e. The predicted octanol–water partition coefficient (Wildman–Crippen LogP) is 2.23. The van der Waals surface area contributed by atoms with E-state index >= 15 is 0 Å². The van der Waals surface area contributed by atoms with Gasteiger partial charge in [-0.1, -0.05) is 15.9 Å². The van der Waals surface area contributed by atoms with Crippen LogP contribution in [-0.4, -0.2) is 36.2 Å². The van der Waals surface area contributed by atoms with Crippen LogP contribution in [0.15, 0.2) is 10.5 Å². The molecule has 1 spiro atoms. The van der Waals surface area contributed by atoms with Crippen molar-refractivity contribution in [3.63, 3.8) is 0 Å². The van der Waals surface area contributed by atoms with Gasteiger partial charge in [-0.25, -0.2) is 0 Å². The van der Waals surface area contributed by atoms with Gasteiger partial charge in [0, 0.05) is 17.1 Å². The molecular formula is C16H21BrN4O. The summed E-state index contributed by atoms with van der Waals surface area (Å²) < 4.78 is 5.52. The molecular weight excluding hydrogens is 344 g/mol. The van der Waals surface area contributed by atoms with Gasteiger partial charge in [0.1, 0.15) is 11.8 Å². The topological polar surface area (TPSA) is 64.2 Å². The molecule has 1 aliphatic carbocycles. The summed E-state index contributed by atoms with van der Waals surface area (Å²) in [5.74, 6) is 1.27. The van der Waals surface area contributed by atoms with Crippen LogP contribution in [0.4, 0.5) is 0 Å². The van der Waals surface area contributed by atoms with Crippen molar-refractivity contribution >= 4 is 15.9 Å². The normalized spacial score (nSPS) is 37.8. The molecule has 0 amide bonds. The SMILES string of the molecule is CN1CCCC12CC(NC1NCc3oc(C#N)cc3C1Br)C2. The van der Waals surface area contributed by atoms with E-state index in [2.05, 4.69) is 44.6 Å². The molecule has 0 bridgehead atoms. The van der Waals surface area contributed by atoms with Crippen LogP contribution in [0.2, 0.25) is 0 Å². The van der Waals surface area contributed by atoms with Gasteiger partial charge in [0.25, 0.3) is 0 Å². The third kappa shape index (κ3) is 2.23. The van der Waals surface area contributed by atoms with Gasteiger partial charge in [-0.2, -0.15) is 5.26 Å². The number of rotatable bonds is 2. The molecule has 2 unspecified atom stereocenters. The number of halogens is 1. The van der Waals surface area contributed by atoms with Gasteiger partial charge in [0.15, 0.2) is 0 Å². The van der Waals surface area contributed by atoms with Crippen molar-refractivity contribution < 1.29 is 4.42 Å². The van der Waals surface area contributed by atoms with E-state index in [1.165, 1.54) is 32.2 Å². The monoisotopic (exact) mass is 364 g/mol. The molecule has 1 saturated carbocycles. The van der Waals surface area contributed by atoms with E-state index in [-0.39, 0.29) is 11.0 Å². The second kappa shape index (κ2) is 5.34. The van der Waals surface area contributed by atoms with E-state index in [0.29, 0.717) is 23.9 Å². The van der Waals surface area contributed by atoms with E-state index < -0.39 is 0 Å². The summed E-state index contributed by atoms with van der Waals surface area (Å²) in [6.07, 6.45) is 5.34. The molecule has 1 aromatic rings. The number of fused-ring (bicyclic) bond motifs is 1. The van der Waals surface area contributed by atoms with E-state index in [9.17, 15) is 0 Å². The van der Waals surface area contributed by atoms with Gasteiger partial charge in [-0.3, -0.25) is 10.6 Å². The Morgan fingerprint density at radius 3 is 3.05 bits per heavy atom. The number of nitrogens with one attached hydrogen (secondary N) is 2. The number of furan rings is 1. The molecule has 118 valence electrons. The second-order valence-electron chi connectivity index (χ2n) is 6.88. The van der Waals surface area contributed by atoms with E-state index in [4.69, 9.17) is 9.68 Å². The Morgan fingerprint density at radius 2 is 2.36 bits per heavy atom. The van der Waals surface area contributed by atoms with Gasteiger partial charge in [0.05, 0.1) is 17.5 Å². The maximum Gasteiger partial charge on any atom is 0.204 e. The molecule has 1 aromatic heterocycles. The van der Waals surface area contributed by atoms with Crippen molar-refractivity contribution in [1.82, 2.24) is 15.5 Å². The highest BCUT2D eigenvalue weighted by Gasteiger charge is 2.50. The van der Waals surface area contributed by atoms with Gasteiger partial charge in [0.2, 0.25) is 5.76 Å². The molecule has 22 heavy (non-hydrogen) atoms. The molecule has 3 aliphatic rings. The zero-order valence-electron chi connectivity index (χ0n) is 12.7. The van der Waals surface area contributed by atoms with E-state index in [1.807, 2.05) is 6.07 Å². The molecule has 5 nitrogen and oxygen atoms in total. The first-order chi connectivity index (χ1) is 10.6. The Bertz CT molecular complexity index is 616. The minimum absolute atomic E-state index is 0.139. The first-order valence-electron chi connectivity index (χ1n) is 7.99. The van der Waals surface area contributed by atoms with Crippen LogP contribution in [0.25, 0.3) is 0 Å². The number of hydrogen-bond donors (Lipinski definition) is 2. The summed E-state index contributed by atoms with van der Waals surface area (Å²) in [6.45, 7) is 1.92. The van der Waals surface area contributed by atoms with Crippen molar-refractivity contribution in [2.75, 3.05) is 13.6 Å². The van der Waals surface area contributed by atoms with Crippen molar-refractivity contribution in [1.29, 1.82) is 5.26 Å². The Balaban J connectivity index is 1.40. The van der Waals surface area contributed by atoms with E-state index in [0.717, 1.165) is 11.3 Å². The summed E-state index contributed by atoms with van der Waals surface area (Å²) in [5.41, 5.74) is 1.56. The molecule has 2 atom stereocenters. The van der Waals surface area contributed by atoms with Crippen LogP contribution in [-0.2, 0) is 6.54 Å². The molecule has 6 heteroatoms. The van der Waals surface area contributed by atoms with Crippen LogP contribution in [0, 0.1) is 11.3 Å². The van der Waals surface area contributed by atoms with Crippen LogP contribution >= 0.6 is 15.9 Å². The molecule has 2 fully saturated rings. The van der Waals surface area contributed by atoms with Crippen LogP contribution in [0.5, 0.6) is 0 Å². The van der Waals surface area contributed by atoms with E-state index in [1.54, 1.807) is 0 Å². The van der Waals surface area contributed by atoms with Crippen LogP contribution in [0.3, 0.4) is 0 Å². The lowest BCUT2D eigenvalue weighted by Crippen LogP contribution is -2.63. The molecule has 3 heterocycles. The Kier molecular flexibility index (Phi) is 3.57. The zero-order valence-corrected chi connectivity index (χ0v) is 14.3. The molecule has 4 rings (SSSR count). The Morgan fingerprint density at radius 1 is 1.55 bits per heavy atom. The highest BCUT2D eigenvalue weighted by Crippen LogP contribution is 2.45. The average Bonchev–Trinajstić information content (AvgIpc) is 3.05. The van der Waals surface area contributed by atoms with Gasteiger partial charge in [-0.05, 0) is 45.3 Å². The highest BCUT2D eigenvalue weighted by molar-refractivity contribution is 9.09. The fourth-order valence-corrected chi connectivity index (χ4v) is 5.04. The quantitative estimate of drug-likeness (QED) is 0.787.